The SMILES string of the molecule is COCCNCCNC(=O)C1=Cc2ccccc2OC1. The second-order valence-corrected chi connectivity index (χ2v) is 4.49. The minimum atomic E-state index is -0.0759. The summed E-state index contributed by atoms with van der Waals surface area (Å²) in [4.78, 5) is 12.0. The number of amides is 1. The summed E-state index contributed by atoms with van der Waals surface area (Å²) in [5.74, 6) is 0.748. The quantitative estimate of drug-likeness (QED) is 0.724. The molecule has 1 amide bonds. The molecule has 0 saturated carbocycles. The Morgan fingerprint density at radius 1 is 1.30 bits per heavy atom. The van der Waals surface area contributed by atoms with E-state index in [1.807, 2.05) is 30.3 Å². The second-order valence-electron chi connectivity index (χ2n) is 4.49. The molecule has 20 heavy (non-hydrogen) atoms. The van der Waals surface area contributed by atoms with Crippen LogP contribution in [-0.2, 0) is 9.53 Å². The lowest BCUT2D eigenvalue weighted by Gasteiger charge is -2.17. The fourth-order valence-electron chi connectivity index (χ4n) is 1.92. The number of hydrogen-bond acceptors (Lipinski definition) is 4. The molecule has 0 radical (unpaired) electrons. The van der Waals surface area contributed by atoms with Gasteiger partial charge in [0.15, 0.2) is 0 Å². The maximum atomic E-state index is 12.0. The van der Waals surface area contributed by atoms with Crippen molar-refractivity contribution in [1.82, 2.24) is 10.6 Å². The van der Waals surface area contributed by atoms with E-state index in [4.69, 9.17) is 9.47 Å². The normalized spacial score (nSPS) is 13.2. The minimum Gasteiger partial charge on any atom is -0.488 e. The summed E-state index contributed by atoms with van der Waals surface area (Å²) in [6.07, 6.45) is 1.88. The highest BCUT2D eigenvalue weighted by Crippen LogP contribution is 2.25. The van der Waals surface area contributed by atoms with Gasteiger partial charge < -0.3 is 20.1 Å². The molecule has 0 atom stereocenters. The predicted octanol–water partition coefficient (Wildman–Crippen LogP) is 0.815. The van der Waals surface area contributed by atoms with Crippen LogP contribution >= 0.6 is 0 Å². The van der Waals surface area contributed by atoms with Gasteiger partial charge in [0.25, 0.3) is 5.91 Å². The molecule has 0 spiro atoms. The van der Waals surface area contributed by atoms with Crippen LogP contribution in [0, 0.1) is 0 Å². The summed E-state index contributed by atoms with van der Waals surface area (Å²) in [7, 11) is 1.66. The van der Waals surface area contributed by atoms with Gasteiger partial charge in [-0.3, -0.25) is 4.79 Å². The van der Waals surface area contributed by atoms with Gasteiger partial charge >= 0.3 is 0 Å². The van der Waals surface area contributed by atoms with E-state index >= 15 is 0 Å². The highest BCUT2D eigenvalue weighted by Gasteiger charge is 2.16. The zero-order valence-corrected chi connectivity index (χ0v) is 11.6. The number of rotatable bonds is 7. The van der Waals surface area contributed by atoms with Crippen LogP contribution in [0.3, 0.4) is 0 Å². The molecule has 0 unspecified atom stereocenters. The van der Waals surface area contributed by atoms with Crippen LogP contribution in [-0.4, -0.2) is 45.9 Å². The van der Waals surface area contributed by atoms with E-state index in [2.05, 4.69) is 10.6 Å². The summed E-state index contributed by atoms with van der Waals surface area (Å²) < 4.78 is 10.5. The zero-order chi connectivity index (χ0) is 14.2. The molecule has 5 nitrogen and oxygen atoms in total. The first-order chi connectivity index (χ1) is 9.81. The summed E-state index contributed by atoms with van der Waals surface area (Å²) in [6.45, 7) is 3.08. The van der Waals surface area contributed by atoms with Crippen molar-refractivity contribution in [1.29, 1.82) is 0 Å². The van der Waals surface area contributed by atoms with Crippen molar-refractivity contribution in [3.05, 3.63) is 35.4 Å². The Kier molecular flexibility index (Phi) is 5.58. The number of ether oxygens (including phenoxy) is 2. The Morgan fingerprint density at radius 3 is 3.00 bits per heavy atom. The minimum absolute atomic E-state index is 0.0759. The number of benzene rings is 1. The van der Waals surface area contributed by atoms with Crippen LogP contribution in [0.1, 0.15) is 5.56 Å². The van der Waals surface area contributed by atoms with Crippen molar-refractivity contribution in [2.24, 2.45) is 0 Å². The maximum absolute atomic E-state index is 12.0. The first-order valence-electron chi connectivity index (χ1n) is 6.71. The van der Waals surface area contributed by atoms with E-state index < -0.39 is 0 Å². The number of hydrogen-bond donors (Lipinski definition) is 2. The van der Waals surface area contributed by atoms with Gasteiger partial charge in [0.2, 0.25) is 0 Å². The van der Waals surface area contributed by atoms with Gasteiger partial charge in [0, 0.05) is 32.3 Å². The number of carbonyl (C=O) groups excluding carboxylic acids is 1. The van der Waals surface area contributed by atoms with Crippen molar-refractivity contribution in [3.63, 3.8) is 0 Å². The topological polar surface area (TPSA) is 59.6 Å². The summed E-state index contributed by atoms with van der Waals surface area (Å²) in [5, 5.41) is 6.04. The molecule has 1 aliphatic rings. The third-order valence-corrected chi connectivity index (χ3v) is 2.99. The molecule has 0 bridgehead atoms. The number of fused-ring (bicyclic) bond motifs is 1. The van der Waals surface area contributed by atoms with Crippen molar-refractivity contribution in [3.8, 4) is 5.75 Å². The predicted molar refractivity (Wildman–Crippen MR) is 77.7 cm³/mol. The lowest BCUT2D eigenvalue weighted by atomic mass is 10.1. The molecule has 1 heterocycles. The van der Waals surface area contributed by atoms with E-state index in [1.54, 1.807) is 7.11 Å². The molecule has 0 aliphatic carbocycles. The average molecular weight is 276 g/mol. The highest BCUT2D eigenvalue weighted by molar-refractivity contribution is 5.99. The molecule has 0 fully saturated rings. The van der Waals surface area contributed by atoms with Crippen LogP contribution in [0.25, 0.3) is 6.08 Å². The van der Waals surface area contributed by atoms with Crippen molar-refractivity contribution in [2.45, 2.75) is 0 Å². The van der Waals surface area contributed by atoms with E-state index in [1.165, 1.54) is 0 Å². The molecule has 2 N–H and O–H groups in total. The Hall–Kier alpha value is -1.85. The fourth-order valence-corrected chi connectivity index (χ4v) is 1.92. The molecule has 108 valence electrons. The van der Waals surface area contributed by atoms with Crippen molar-refractivity contribution < 1.29 is 14.3 Å². The average Bonchev–Trinajstić information content (AvgIpc) is 2.50. The maximum Gasteiger partial charge on any atom is 0.250 e. The fraction of sp³-hybridized carbons (Fsp3) is 0.400. The first kappa shape index (κ1) is 14.6. The van der Waals surface area contributed by atoms with Gasteiger partial charge in [-0.15, -0.1) is 0 Å². The Bertz CT molecular complexity index is 486. The van der Waals surface area contributed by atoms with E-state index in [-0.39, 0.29) is 5.91 Å². The van der Waals surface area contributed by atoms with Gasteiger partial charge in [0.1, 0.15) is 12.4 Å². The van der Waals surface area contributed by atoms with Gasteiger partial charge in [-0.2, -0.15) is 0 Å². The van der Waals surface area contributed by atoms with Gasteiger partial charge in [0.05, 0.1) is 12.2 Å². The van der Waals surface area contributed by atoms with Crippen LogP contribution in [0.15, 0.2) is 29.8 Å². The summed E-state index contributed by atoms with van der Waals surface area (Å²) in [6, 6.07) is 7.69. The lowest BCUT2D eigenvalue weighted by molar-refractivity contribution is -0.117. The molecule has 0 aromatic heterocycles. The third kappa shape index (κ3) is 4.08. The molecular weight excluding hydrogens is 256 g/mol. The van der Waals surface area contributed by atoms with E-state index in [0.29, 0.717) is 25.3 Å². The van der Waals surface area contributed by atoms with Gasteiger partial charge in [-0.1, -0.05) is 18.2 Å². The van der Waals surface area contributed by atoms with Gasteiger partial charge in [-0.05, 0) is 12.1 Å². The largest absolute Gasteiger partial charge is 0.488 e. The van der Waals surface area contributed by atoms with Crippen LogP contribution < -0.4 is 15.4 Å². The monoisotopic (exact) mass is 276 g/mol. The van der Waals surface area contributed by atoms with Crippen LogP contribution in [0.2, 0.25) is 0 Å². The van der Waals surface area contributed by atoms with E-state index in [9.17, 15) is 4.79 Å². The molecule has 2 rings (SSSR count). The number of para-hydroxylation sites is 1. The summed E-state index contributed by atoms with van der Waals surface area (Å²) in [5.41, 5.74) is 1.60. The Labute approximate surface area is 119 Å². The number of carbonyl (C=O) groups is 1. The van der Waals surface area contributed by atoms with Gasteiger partial charge in [-0.25, -0.2) is 0 Å². The van der Waals surface area contributed by atoms with E-state index in [0.717, 1.165) is 24.4 Å². The van der Waals surface area contributed by atoms with Crippen LogP contribution in [0.4, 0.5) is 0 Å². The van der Waals surface area contributed by atoms with Crippen molar-refractivity contribution >= 4 is 12.0 Å². The molecule has 1 aromatic carbocycles. The summed E-state index contributed by atoms with van der Waals surface area (Å²) >= 11 is 0. The lowest BCUT2D eigenvalue weighted by Crippen LogP contribution is -2.35. The Morgan fingerprint density at radius 2 is 2.15 bits per heavy atom. The zero-order valence-electron chi connectivity index (χ0n) is 11.6. The molecular formula is C15H20N2O3. The second kappa shape index (κ2) is 7.67. The molecule has 1 aliphatic heterocycles. The molecule has 1 aromatic rings. The third-order valence-electron chi connectivity index (χ3n) is 2.99. The molecule has 0 saturated heterocycles. The first-order valence-corrected chi connectivity index (χ1v) is 6.71. The van der Waals surface area contributed by atoms with Crippen LogP contribution in [0.5, 0.6) is 5.75 Å². The smallest absolute Gasteiger partial charge is 0.250 e. The standard InChI is InChI=1S/C15H20N2O3/c1-19-9-8-16-6-7-17-15(18)13-10-12-4-2-3-5-14(12)20-11-13/h2-5,10,16H,6-9,11H2,1H3,(H,17,18). The van der Waals surface area contributed by atoms with Crippen molar-refractivity contribution in [2.75, 3.05) is 40.0 Å². The number of methoxy groups -OCH3 is 1. The Balaban J connectivity index is 1.78. The molecule has 5 heteroatoms. The number of nitrogens with one attached hydrogen (secondary N) is 2. The highest BCUT2D eigenvalue weighted by atomic mass is 16.5.